The van der Waals surface area contributed by atoms with E-state index in [4.69, 9.17) is 5.73 Å². The number of aromatic nitrogens is 4. The van der Waals surface area contributed by atoms with E-state index in [1.54, 1.807) is 46.5 Å². The van der Waals surface area contributed by atoms with Crippen molar-refractivity contribution in [3.05, 3.63) is 71.8 Å². The maximum absolute atomic E-state index is 12.9. The van der Waals surface area contributed by atoms with Crippen LogP contribution in [-0.2, 0) is 0 Å². The molecule has 1 saturated heterocycles. The zero-order valence-electron chi connectivity index (χ0n) is 17.6. The highest BCUT2D eigenvalue weighted by Gasteiger charge is 2.26. The second kappa shape index (κ2) is 8.23. The Bertz CT molecular complexity index is 1330. The molecule has 3 heterocycles. The van der Waals surface area contributed by atoms with Gasteiger partial charge in [0.25, 0.3) is 17.7 Å². The molecule has 3 amide bonds. The fourth-order valence-corrected chi connectivity index (χ4v) is 3.97. The third-order valence-corrected chi connectivity index (χ3v) is 5.74. The number of nitrogens with one attached hydrogen (secondary N) is 2. The molecule has 4 aromatic rings. The smallest absolute Gasteiger partial charge is 0.289 e. The number of hydrogen-bond acceptors (Lipinski definition) is 5. The quantitative estimate of drug-likeness (QED) is 0.440. The van der Waals surface area contributed by atoms with Crippen molar-refractivity contribution in [2.24, 2.45) is 5.73 Å². The number of H-pyrrole nitrogens is 2. The van der Waals surface area contributed by atoms with E-state index in [0.717, 1.165) is 5.56 Å². The molecule has 0 bridgehead atoms. The van der Waals surface area contributed by atoms with Gasteiger partial charge in [-0.1, -0.05) is 18.2 Å². The van der Waals surface area contributed by atoms with Crippen molar-refractivity contribution in [2.45, 2.75) is 0 Å². The first-order valence-corrected chi connectivity index (χ1v) is 10.5. The topological polar surface area (TPSA) is 141 Å². The largest absolute Gasteiger partial charge is 0.366 e. The fraction of sp³-hybridized carbons (Fsp3) is 0.174. The first kappa shape index (κ1) is 20.4. The molecule has 5 rings (SSSR count). The molecule has 0 spiro atoms. The molecule has 0 unspecified atom stereocenters. The molecule has 2 aromatic carbocycles. The molecule has 1 aliphatic rings. The highest BCUT2D eigenvalue weighted by molar-refractivity contribution is 6.04. The zero-order chi connectivity index (χ0) is 22.9. The van der Waals surface area contributed by atoms with Crippen LogP contribution in [0, 0.1) is 0 Å². The number of nitrogens with zero attached hydrogens (tertiary/aromatic N) is 4. The van der Waals surface area contributed by atoms with Crippen LogP contribution in [0.1, 0.15) is 31.3 Å². The Hall–Kier alpha value is -4.47. The molecule has 0 saturated carbocycles. The Morgan fingerprint density at radius 1 is 0.909 bits per heavy atom. The number of piperazine rings is 1. The number of imidazole rings is 2. The number of benzene rings is 2. The van der Waals surface area contributed by atoms with E-state index in [2.05, 4.69) is 19.9 Å². The van der Waals surface area contributed by atoms with Gasteiger partial charge in [-0.05, 0) is 24.3 Å². The number of carbonyl (C=O) groups excluding carboxylic acids is 3. The van der Waals surface area contributed by atoms with Crippen molar-refractivity contribution in [1.29, 1.82) is 0 Å². The van der Waals surface area contributed by atoms with Gasteiger partial charge >= 0.3 is 0 Å². The molecule has 166 valence electrons. The van der Waals surface area contributed by atoms with E-state index in [0.29, 0.717) is 60.0 Å². The van der Waals surface area contributed by atoms with Crippen molar-refractivity contribution in [3.63, 3.8) is 0 Å². The minimum atomic E-state index is -0.537. The molecule has 10 nitrogen and oxygen atoms in total. The first-order chi connectivity index (χ1) is 16.0. The number of hydrogen-bond donors (Lipinski definition) is 3. The highest BCUT2D eigenvalue weighted by atomic mass is 16.2. The van der Waals surface area contributed by atoms with E-state index in [1.165, 1.54) is 0 Å². The minimum Gasteiger partial charge on any atom is -0.366 e. The number of aromatic amines is 2. The highest BCUT2D eigenvalue weighted by Crippen LogP contribution is 2.23. The Kier molecular flexibility index (Phi) is 5.09. The van der Waals surface area contributed by atoms with Gasteiger partial charge in [0.1, 0.15) is 11.3 Å². The predicted molar refractivity (Wildman–Crippen MR) is 120 cm³/mol. The summed E-state index contributed by atoms with van der Waals surface area (Å²) >= 11 is 0. The average molecular weight is 443 g/mol. The van der Waals surface area contributed by atoms with Crippen LogP contribution in [-0.4, -0.2) is 73.6 Å². The number of amides is 3. The molecule has 1 fully saturated rings. The lowest BCUT2D eigenvalue weighted by Gasteiger charge is -2.34. The lowest BCUT2D eigenvalue weighted by atomic mass is 10.1. The van der Waals surface area contributed by atoms with Gasteiger partial charge in [-0.2, -0.15) is 0 Å². The van der Waals surface area contributed by atoms with Gasteiger partial charge < -0.3 is 25.5 Å². The standard InChI is InChI=1S/C23H21N7O3/c24-19(31)16-2-1-3-17-18(16)28-20(27-17)14-4-6-15(7-5-14)22(32)29-10-12-30(13-11-29)23(33)21-25-8-9-26-21/h1-9H,10-13H2,(H2,24,31)(H,25,26)(H,27,28). The van der Waals surface area contributed by atoms with Gasteiger partial charge in [0.05, 0.1) is 11.1 Å². The SMILES string of the molecule is NC(=O)c1cccc2[nH]c(-c3ccc(C(=O)N4CCN(C(=O)c5ncc[nH]5)CC4)cc3)nc12. The summed E-state index contributed by atoms with van der Waals surface area (Å²) in [5.74, 6) is 0.0984. The molecular formula is C23H21N7O3. The molecule has 1 aliphatic heterocycles. The van der Waals surface area contributed by atoms with E-state index >= 15 is 0 Å². The number of rotatable bonds is 4. The summed E-state index contributed by atoms with van der Waals surface area (Å²) in [7, 11) is 0. The molecule has 0 radical (unpaired) electrons. The molecule has 33 heavy (non-hydrogen) atoms. The fourth-order valence-electron chi connectivity index (χ4n) is 3.97. The summed E-state index contributed by atoms with van der Waals surface area (Å²) in [6, 6.07) is 12.3. The summed E-state index contributed by atoms with van der Waals surface area (Å²) in [6.45, 7) is 1.80. The van der Waals surface area contributed by atoms with Gasteiger partial charge in [0.15, 0.2) is 5.82 Å². The second-order valence-electron chi connectivity index (χ2n) is 7.75. The van der Waals surface area contributed by atoms with Crippen LogP contribution < -0.4 is 5.73 Å². The van der Waals surface area contributed by atoms with Crippen molar-refractivity contribution in [1.82, 2.24) is 29.7 Å². The molecule has 0 atom stereocenters. The summed E-state index contributed by atoms with van der Waals surface area (Å²) in [6.07, 6.45) is 3.15. The number of fused-ring (bicyclic) bond motifs is 1. The van der Waals surface area contributed by atoms with Crippen molar-refractivity contribution >= 4 is 28.8 Å². The predicted octanol–water partition coefficient (Wildman–Crippen LogP) is 1.65. The normalized spacial score (nSPS) is 13.9. The third kappa shape index (κ3) is 3.82. The molecule has 2 aromatic heterocycles. The van der Waals surface area contributed by atoms with Gasteiger partial charge in [0, 0.05) is 49.7 Å². The number of carbonyl (C=O) groups is 3. The number of nitrogens with two attached hydrogens (primary N) is 1. The Labute approximate surface area is 188 Å². The van der Waals surface area contributed by atoms with Crippen molar-refractivity contribution in [3.8, 4) is 11.4 Å². The molecular weight excluding hydrogens is 422 g/mol. The number of primary amides is 1. The van der Waals surface area contributed by atoms with Crippen molar-refractivity contribution in [2.75, 3.05) is 26.2 Å². The van der Waals surface area contributed by atoms with E-state index in [1.807, 2.05) is 18.2 Å². The molecule has 4 N–H and O–H groups in total. The number of para-hydroxylation sites is 1. The second-order valence-corrected chi connectivity index (χ2v) is 7.75. The summed E-state index contributed by atoms with van der Waals surface area (Å²) in [4.78, 5) is 54.9. The van der Waals surface area contributed by atoms with Gasteiger partial charge in [-0.15, -0.1) is 0 Å². The monoisotopic (exact) mass is 443 g/mol. The van der Waals surface area contributed by atoms with Gasteiger partial charge in [0.2, 0.25) is 0 Å². The maximum Gasteiger partial charge on any atom is 0.289 e. The Balaban J connectivity index is 1.28. The van der Waals surface area contributed by atoms with Crippen LogP contribution in [0.4, 0.5) is 0 Å². The summed E-state index contributed by atoms with van der Waals surface area (Å²) in [5, 5.41) is 0. The first-order valence-electron chi connectivity index (χ1n) is 10.5. The average Bonchev–Trinajstić information content (AvgIpc) is 3.53. The lowest BCUT2D eigenvalue weighted by molar-refractivity contribution is 0.0529. The van der Waals surface area contributed by atoms with Crippen LogP contribution in [0.2, 0.25) is 0 Å². The van der Waals surface area contributed by atoms with Crippen molar-refractivity contribution < 1.29 is 14.4 Å². The van der Waals surface area contributed by atoms with E-state index in [-0.39, 0.29) is 11.8 Å². The van der Waals surface area contributed by atoms with Crippen LogP contribution in [0.5, 0.6) is 0 Å². The molecule has 10 heteroatoms. The van der Waals surface area contributed by atoms with Gasteiger partial charge in [-0.25, -0.2) is 9.97 Å². The zero-order valence-corrected chi connectivity index (χ0v) is 17.6. The lowest BCUT2D eigenvalue weighted by Crippen LogP contribution is -2.50. The van der Waals surface area contributed by atoms with E-state index < -0.39 is 5.91 Å². The summed E-state index contributed by atoms with van der Waals surface area (Å²) < 4.78 is 0. The third-order valence-electron chi connectivity index (χ3n) is 5.74. The Morgan fingerprint density at radius 3 is 2.24 bits per heavy atom. The van der Waals surface area contributed by atoms with Crippen LogP contribution in [0.15, 0.2) is 54.9 Å². The van der Waals surface area contributed by atoms with Crippen LogP contribution in [0.3, 0.4) is 0 Å². The molecule has 0 aliphatic carbocycles. The van der Waals surface area contributed by atoms with Gasteiger partial charge in [-0.3, -0.25) is 14.4 Å². The summed E-state index contributed by atoms with van der Waals surface area (Å²) in [5.41, 5.74) is 8.36. The van der Waals surface area contributed by atoms with E-state index in [9.17, 15) is 14.4 Å². The van der Waals surface area contributed by atoms with Crippen LogP contribution >= 0.6 is 0 Å². The maximum atomic E-state index is 12.9. The van der Waals surface area contributed by atoms with Crippen LogP contribution in [0.25, 0.3) is 22.4 Å². The minimum absolute atomic E-state index is 0.0905. The Morgan fingerprint density at radius 2 is 1.61 bits per heavy atom.